The second-order valence-electron chi connectivity index (χ2n) is 7.51. The molecule has 0 aliphatic carbocycles. The molecule has 2 N–H and O–H groups in total. The van der Waals surface area contributed by atoms with Crippen molar-refractivity contribution in [1.82, 2.24) is 10.3 Å². The van der Waals surface area contributed by atoms with E-state index in [1.54, 1.807) is 14.2 Å². The molecule has 0 unspecified atom stereocenters. The molecule has 31 heavy (non-hydrogen) atoms. The number of para-hydroxylation sites is 1. The van der Waals surface area contributed by atoms with Crippen LogP contribution in [0.15, 0.2) is 48.5 Å². The summed E-state index contributed by atoms with van der Waals surface area (Å²) in [5.74, 6) is 1.18. The number of methoxy groups -OCH3 is 2. The molecule has 1 fully saturated rings. The summed E-state index contributed by atoms with van der Waals surface area (Å²) < 4.78 is 16.2. The number of carbonyl (C=O) groups is 1. The maximum Gasteiger partial charge on any atom is 0.252 e. The van der Waals surface area contributed by atoms with Crippen LogP contribution in [-0.4, -0.2) is 64.5 Å². The summed E-state index contributed by atoms with van der Waals surface area (Å²) in [5, 5.41) is 3.92. The standard InChI is InChI=1S/C24H27N3O4/c1-29-22-8-7-17(15-23(22)30-2)21-16-19(18-5-3-4-6-20(18)26-21)24(28)25-9-10-27-11-13-31-14-12-27/h3-8,15-16H,9-14H2,1-2H3,(H,25,28)/p+1. The number of amides is 1. The number of aromatic nitrogens is 1. The molecule has 0 atom stereocenters. The van der Waals surface area contributed by atoms with E-state index < -0.39 is 0 Å². The summed E-state index contributed by atoms with van der Waals surface area (Å²) in [6, 6.07) is 15.2. The van der Waals surface area contributed by atoms with Crippen molar-refractivity contribution in [2.45, 2.75) is 0 Å². The first-order valence-corrected chi connectivity index (χ1v) is 10.5. The highest BCUT2D eigenvalue weighted by atomic mass is 16.5. The third-order valence-corrected chi connectivity index (χ3v) is 5.60. The summed E-state index contributed by atoms with van der Waals surface area (Å²) in [6.07, 6.45) is 0. The Kier molecular flexibility index (Phi) is 6.64. The number of benzene rings is 2. The van der Waals surface area contributed by atoms with Gasteiger partial charge >= 0.3 is 0 Å². The molecule has 1 saturated heterocycles. The van der Waals surface area contributed by atoms with Gasteiger partial charge in [0.1, 0.15) is 13.1 Å². The highest BCUT2D eigenvalue weighted by Gasteiger charge is 2.17. The third-order valence-electron chi connectivity index (χ3n) is 5.60. The van der Waals surface area contributed by atoms with E-state index in [0.717, 1.165) is 49.3 Å². The molecule has 7 heteroatoms. The van der Waals surface area contributed by atoms with Gasteiger partial charge in [0.2, 0.25) is 0 Å². The van der Waals surface area contributed by atoms with Crippen LogP contribution in [-0.2, 0) is 4.74 Å². The van der Waals surface area contributed by atoms with Gasteiger partial charge in [-0.3, -0.25) is 4.79 Å². The van der Waals surface area contributed by atoms with E-state index in [4.69, 9.17) is 19.2 Å². The highest BCUT2D eigenvalue weighted by Crippen LogP contribution is 2.33. The first-order valence-electron chi connectivity index (χ1n) is 10.5. The average Bonchev–Trinajstić information content (AvgIpc) is 2.83. The van der Waals surface area contributed by atoms with Gasteiger partial charge in [0.25, 0.3) is 5.91 Å². The molecule has 1 aliphatic rings. The zero-order valence-electron chi connectivity index (χ0n) is 17.9. The van der Waals surface area contributed by atoms with Gasteiger partial charge in [-0.2, -0.15) is 0 Å². The molecule has 0 saturated carbocycles. The first kappa shape index (κ1) is 21.1. The second-order valence-corrected chi connectivity index (χ2v) is 7.51. The number of rotatable bonds is 7. The lowest BCUT2D eigenvalue weighted by Gasteiger charge is -2.23. The van der Waals surface area contributed by atoms with Gasteiger partial charge in [0.15, 0.2) is 11.5 Å². The van der Waals surface area contributed by atoms with E-state index in [1.807, 2.05) is 48.5 Å². The molecule has 0 spiro atoms. The fraction of sp³-hybridized carbons (Fsp3) is 0.333. The topological polar surface area (TPSA) is 74.1 Å². The second kappa shape index (κ2) is 9.76. The quantitative estimate of drug-likeness (QED) is 0.605. The monoisotopic (exact) mass is 422 g/mol. The Bertz CT molecular complexity index is 1060. The Morgan fingerprint density at radius 2 is 1.84 bits per heavy atom. The lowest BCUT2D eigenvalue weighted by molar-refractivity contribution is -0.906. The third kappa shape index (κ3) is 4.78. The van der Waals surface area contributed by atoms with Crippen LogP contribution in [0.3, 0.4) is 0 Å². The number of hydrogen-bond donors (Lipinski definition) is 2. The predicted molar refractivity (Wildman–Crippen MR) is 119 cm³/mol. The summed E-state index contributed by atoms with van der Waals surface area (Å²) in [6.45, 7) is 5.05. The summed E-state index contributed by atoms with van der Waals surface area (Å²) in [4.78, 5) is 19.3. The van der Waals surface area contributed by atoms with Gasteiger partial charge in [0.05, 0.1) is 57.3 Å². The summed E-state index contributed by atoms with van der Waals surface area (Å²) in [7, 11) is 3.21. The van der Waals surface area contributed by atoms with Crippen molar-refractivity contribution in [3.63, 3.8) is 0 Å². The number of hydrogen-bond acceptors (Lipinski definition) is 5. The molecule has 7 nitrogen and oxygen atoms in total. The molecule has 1 aliphatic heterocycles. The van der Waals surface area contributed by atoms with Crippen molar-refractivity contribution in [2.24, 2.45) is 0 Å². The van der Waals surface area contributed by atoms with E-state index in [1.165, 1.54) is 4.90 Å². The number of pyridine rings is 1. The fourth-order valence-electron chi connectivity index (χ4n) is 3.86. The van der Waals surface area contributed by atoms with Crippen LogP contribution in [0.1, 0.15) is 10.4 Å². The minimum Gasteiger partial charge on any atom is -0.493 e. The number of nitrogens with one attached hydrogen (secondary N) is 2. The Labute approximate surface area is 181 Å². The maximum absolute atomic E-state index is 13.1. The Morgan fingerprint density at radius 1 is 1.06 bits per heavy atom. The summed E-state index contributed by atoms with van der Waals surface area (Å²) >= 11 is 0. The van der Waals surface area contributed by atoms with Crippen LogP contribution in [0.25, 0.3) is 22.2 Å². The first-order chi connectivity index (χ1) is 15.2. The molecule has 3 aromatic rings. The van der Waals surface area contributed by atoms with Crippen LogP contribution in [0, 0.1) is 0 Å². The van der Waals surface area contributed by atoms with Crippen molar-refractivity contribution < 1.29 is 23.9 Å². The maximum atomic E-state index is 13.1. The molecule has 2 aromatic carbocycles. The number of ether oxygens (including phenoxy) is 3. The van der Waals surface area contributed by atoms with Crippen LogP contribution in [0.5, 0.6) is 11.5 Å². The molecule has 0 radical (unpaired) electrons. The minimum atomic E-state index is -0.0898. The number of fused-ring (bicyclic) bond motifs is 1. The fourth-order valence-corrected chi connectivity index (χ4v) is 3.86. The molecule has 4 rings (SSSR count). The smallest absolute Gasteiger partial charge is 0.252 e. The Hall–Kier alpha value is -3.16. The van der Waals surface area contributed by atoms with Crippen molar-refractivity contribution in [3.05, 3.63) is 54.1 Å². The van der Waals surface area contributed by atoms with Gasteiger partial charge in [0, 0.05) is 10.9 Å². The summed E-state index contributed by atoms with van der Waals surface area (Å²) in [5.41, 5.74) is 2.96. The van der Waals surface area contributed by atoms with Crippen molar-refractivity contribution in [3.8, 4) is 22.8 Å². The van der Waals surface area contributed by atoms with Gasteiger partial charge in [-0.1, -0.05) is 18.2 Å². The number of quaternary nitrogens is 1. The van der Waals surface area contributed by atoms with Crippen molar-refractivity contribution >= 4 is 16.8 Å². The normalized spacial score (nSPS) is 14.4. The van der Waals surface area contributed by atoms with Crippen molar-refractivity contribution in [1.29, 1.82) is 0 Å². The van der Waals surface area contributed by atoms with Gasteiger partial charge in [-0.05, 0) is 30.3 Å². The van der Waals surface area contributed by atoms with Crippen molar-refractivity contribution in [2.75, 3.05) is 53.6 Å². The number of morpholine rings is 1. The van der Waals surface area contributed by atoms with Crippen LogP contribution in [0.2, 0.25) is 0 Å². The number of carbonyl (C=O) groups excluding carboxylic acids is 1. The molecular formula is C24H28N3O4+. The minimum absolute atomic E-state index is 0.0898. The predicted octanol–water partition coefficient (Wildman–Crippen LogP) is 1.56. The van der Waals surface area contributed by atoms with E-state index in [2.05, 4.69) is 5.32 Å². The van der Waals surface area contributed by atoms with Crippen LogP contribution < -0.4 is 19.7 Å². The van der Waals surface area contributed by atoms with Gasteiger partial charge < -0.3 is 24.4 Å². The molecule has 0 bridgehead atoms. The van der Waals surface area contributed by atoms with E-state index in [9.17, 15) is 4.79 Å². The Morgan fingerprint density at radius 3 is 2.61 bits per heavy atom. The Balaban J connectivity index is 1.61. The zero-order valence-corrected chi connectivity index (χ0v) is 17.9. The SMILES string of the molecule is COc1ccc(-c2cc(C(=O)NCC[NH+]3CCOCC3)c3ccccc3n2)cc1OC. The van der Waals surface area contributed by atoms with Crippen LogP contribution in [0.4, 0.5) is 0 Å². The van der Waals surface area contributed by atoms with Gasteiger partial charge in [-0.15, -0.1) is 0 Å². The zero-order chi connectivity index (χ0) is 21.6. The highest BCUT2D eigenvalue weighted by molar-refractivity contribution is 6.07. The molecule has 1 aromatic heterocycles. The van der Waals surface area contributed by atoms with E-state index >= 15 is 0 Å². The molecule has 2 heterocycles. The largest absolute Gasteiger partial charge is 0.493 e. The van der Waals surface area contributed by atoms with Gasteiger partial charge in [-0.25, -0.2) is 4.98 Å². The average molecular weight is 423 g/mol. The van der Waals surface area contributed by atoms with E-state index in [-0.39, 0.29) is 5.91 Å². The molecule has 1 amide bonds. The number of nitrogens with zero attached hydrogens (tertiary/aromatic N) is 1. The lowest BCUT2D eigenvalue weighted by atomic mass is 10.0. The molecular weight excluding hydrogens is 394 g/mol. The molecule has 162 valence electrons. The van der Waals surface area contributed by atoms with E-state index in [0.29, 0.717) is 29.3 Å². The lowest BCUT2D eigenvalue weighted by Crippen LogP contribution is -3.14. The van der Waals surface area contributed by atoms with Crippen LogP contribution >= 0.6 is 0 Å².